The van der Waals surface area contributed by atoms with E-state index in [0.29, 0.717) is 5.56 Å². The summed E-state index contributed by atoms with van der Waals surface area (Å²) in [6.07, 6.45) is 0. The van der Waals surface area contributed by atoms with Gasteiger partial charge in [0, 0.05) is 6.07 Å². The van der Waals surface area contributed by atoms with Gasteiger partial charge < -0.3 is 5.32 Å². The van der Waals surface area contributed by atoms with Crippen molar-refractivity contribution in [2.24, 2.45) is 0 Å². The number of nitrogens with zero attached hydrogens (tertiary/aromatic N) is 2. The lowest BCUT2D eigenvalue weighted by molar-refractivity contribution is -0.385. The maximum atomic E-state index is 10.6. The molecule has 1 unspecified atom stereocenters. The number of nitro groups is 1. The SMILES string of the molecule is CNC(C#N)c1ccccc1[N+](=O)[O-]. The lowest BCUT2D eigenvalue weighted by Crippen LogP contribution is -2.15. The van der Waals surface area contributed by atoms with Crippen LogP contribution >= 0.6 is 0 Å². The predicted molar refractivity (Wildman–Crippen MR) is 50.5 cm³/mol. The second-order valence-corrected chi connectivity index (χ2v) is 2.67. The molecule has 0 heterocycles. The molecule has 1 aromatic carbocycles. The first-order chi connectivity index (χ1) is 6.70. The normalized spacial score (nSPS) is 11.7. The number of benzene rings is 1. The van der Waals surface area contributed by atoms with E-state index in [1.807, 2.05) is 6.07 Å². The lowest BCUT2D eigenvalue weighted by Gasteiger charge is -2.07. The number of para-hydroxylation sites is 1. The van der Waals surface area contributed by atoms with Gasteiger partial charge in [0.15, 0.2) is 0 Å². The van der Waals surface area contributed by atoms with Crippen molar-refractivity contribution in [3.63, 3.8) is 0 Å². The Kier molecular flexibility index (Phi) is 3.15. The zero-order valence-electron chi connectivity index (χ0n) is 7.60. The highest BCUT2D eigenvalue weighted by atomic mass is 16.6. The van der Waals surface area contributed by atoms with Gasteiger partial charge in [-0.25, -0.2) is 0 Å². The molecule has 0 saturated heterocycles. The highest BCUT2D eigenvalue weighted by Crippen LogP contribution is 2.23. The van der Waals surface area contributed by atoms with Gasteiger partial charge in [-0.15, -0.1) is 0 Å². The minimum absolute atomic E-state index is 0.0339. The Labute approximate surface area is 81.1 Å². The van der Waals surface area contributed by atoms with Crippen molar-refractivity contribution >= 4 is 5.69 Å². The van der Waals surface area contributed by atoms with E-state index >= 15 is 0 Å². The third-order valence-electron chi connectivity index (χ3n) is 1.86. The summed E-state index contributed by atoms with van der Waals surface area (Å²) in [5, 5.41) is 22.1. The molecular weight excluding hydrogens is 182 g/mol. The summed E-state index contributed by atoms with van der Waals surface area (Å²) >= 11 is 0. The summed E-state index contributed by atoms with van der Waals surface area (Å²) in [4.78, 5) is 10.1. The molecule has 1 rings (SSSR count). The summed E-state index contributed by atoms with van der Waals surface area (Å²) in [5.41, 5.74) is 0.357. The summed E-state index contributed by atoms with van der Waals surface area (Å²) in [5.74, 6) is 0. The van der Waals surface area contributed by atoms with Gasteiger partial charge in [-0.2, -0.15) is 5.26 Å². The van der Waals surface area contributed by atoms with Crippen LogP contribution in [0.25, 0.3) is 0 Å². The molecule has 72 valence electrons. The number of nitriles is 1. The van der Waals surface area contributed by atoms with Gasteiger partial charge in [-0.3, -0.25) is 10.1 Å². The summed E-state index contributed by atoms with van der Waals surface area (Å²) in [6.45, 7) is 0. The third kappa shape index (κ3) is 1.87. The Bertz CT molecular complexity index is 384. The molecule has 0 aliphatic carbocycles. The molecule has 0 amide bonds. The van der Waals surface area contributed by atoms with E-state index in [1.165, 1.54) is 6.07 Å². The molecule has 0 radical (unpaired) electrons. The molecule has 1 N–H and O–H groups in total. The largest absolute Gasteiger partial charge is 0.301 e. The first-order valence-corrected chi connectivity index (χ1v) is 4.01. The van der Waals surface area contributed by atoms with E-state index in [9.17, 15) is 10.1 Å². The van der Waals surface area contributed by atoms with Crippen molar-refractivity contribution in [3.05, 3.63) is 39.9 Å². The van der Waals surface area contributed by atoms with Gasteiger partial charge in [-0.05, 0) is 13.1 Å². The molecule has 0 saturated carbocycles. The average molecular weight is 191 g/mol. The Hall–Kier alpha value is -1.93. The Morgan fingerprint density at radius 1 is 1.57 bits per heavy atom. The van der Waals surface area contributed by atoms with Crippen molar-refractivity contribution in [2.45, 2.75) is 6.04 Å². The van der Waals surface area contributed by atoms with E-state index in [1.54, 1.807) is 25.2 Å². The molecule has 0 fully saturated rings. The fourth-order valence-corrected chi connectivity index (χ4v) is 1.19. The Morgan fingerprint density at radius 3 is 2.71 bits per heavy atom. The van der Waals surface area contributed by atoms with Crippen LogP contribution in [0.5, 0.6) is 0 Å². The molecule has 5 nitrogen and oxygen atoms in total. The van der Waals surface area contributed by atoms with E-state index in [2.05, 4.69) is 5.32 Å². The number of rotatable bonds is 3. The Morgan fingerprint density at radius 2 is 2.21 bits per heavy atom. The molecule has 0 bridgehead atoms. The van der Waals surface area contributed by atoms with Crippen LogP contribution in [0.2, 0.25) is 0 Å². The minimum atomic E-state index is -0.642. The predicted octanol–water partition coefficient (Wildman–Crippen LogP) is 1.38. The zero-order valence-corrected chi connectivity index (χ0v) is 7.60. The van der Waals surface area contributed by atoms with Crippen molar-refractivity contribution in [3.8, 4) is 6.07 Å². The van der Waals surface area contributed by atoms with Crippen LogP contribution in [0.3, 0.4) is 0 Å². The number of hydrogen-bond acceptors (Lipinski definition) is 4. The van der Waals surface area contributed by atoms with E-state index in [0.717, 1.165) is 0 Å². The van der Waals surface area contributed by atoms with Gasteiger partial charge >= 0.3 is 0 Å². The molecule has 5 heteroatoms. The average Bonchev–Trinajstić information content (AvgIpc) is 2.20. The Balaban J connectivity index is 3.20. The van der Waals surface area contributed by atoms with Crippen LogP contribution in [0.1, 0.15) is 11.6 Å². The standard InChI is InChI=1S/C9H9N3O2/c1-11-8(6-10)7-4-2-3-5-9(7)12(13)14/h2-5,8,11H,1H3. The molecule has 0 aliphatic heterocycles. The van der Waals surface area contributed by atoms with E-state index < -0.39 is 11.0 Å². The van der Waals surface area contributed by atoms with Crippen molar-refractivity contribution in [1.82, 2.24) is 5.32 Å². The third-order valence-corrected chi connectivity index (χ3v) is 1.86. The van der Waals surface area contributed by atoms with Crippen LogP contribution < -0.4 is 5.32 Å². The van der Waals surface area contributed by atoms with Gasteiger partial charge in [0.05, 0.1) is 16.6 Å². The number of nitro benzene ring substituents is 1. The topological polar surface area (TPSA) is 79.0 Å². The zero-order chi connectivity index (χ0) is 10.6. The van der Waals surface area contributed by atoms with Gasteiger partial charge in [0.25, 0.3) is 5.69 Å². The van der Waals surface area contributed by atoms with Crippen molar-refractivity contribution in [2.75, 3.05) is 7.05 Å². The smallest absolute Gasteiger partial charge is 0.275 e. The molecular formula is C9H9N3O2. The van der Waals surface area contributed by atoms with Crippen molar-refractivity contribution in [1.29, 1.82) is 5.26 Å². The van der Waals surface area contributed by atoms with Crippen LogP contribution in [0.4, 0.5) is 5.69 Å². The van der Waals surface area contributed by atoms with Crippen molar-refractivity contribution < 1.29 is 4.92 Å². The second-order valence-electron chi connectivity index (χ2n) is 2.67. The fourth-order valence-electron chi connectivity index (χ4n) is 1.19. The second kappa shape index (κ2) is 4.35. The highest BCUT2D eigenvalue weighted by Gasteiger charge is 2.19. The molecule has 1 atom stereocenters. The molecule has 0 aromatic heterocycles. The van der Waals surface area contributed by atoms with Crippen LogP contribution in [0, 0.1) is 21.4 Å². The monoisotopic (exact) mass is 191 g/mol. The molecule has 14 heavy (non-hydrogen) atoms. The number of nitrogens with one attached hydrogen (secondary N) is 1. The quantitative estimate of drug-likeness (QED) is 0.578. The molecule has 0 aliphatic rings. The van der Waals surface area contributed by atoms with Gasteiger partial charge in [0.1, 0.15) is 6.04 Å². The first kappa shape index (κ1) is 10.2. The molecule has 1 aromatic rings. The minimum Gasteiger partial charge on any atom is -0.301 e. The van der Waals surface area contributed by atoms with Gasteiger partial charge in [0.2, 0.25) is 0 Å². The van der Waals surface area contributed by atoms with Crippen LogP contribution in [-0.2, 0) is 0 Å². The molecule has 0 spiro atoms. The van der Waals surface area contributed by atoms with E-state index in [-0.39, 0.29) is 5.69 Å². The van der Waals surface area contributed by atoms with E-state index in [4.69, 9.17) is 5.26 Å². The highest BCUT2D eigenvalue weighted by molar-refractivity contribution is 5.44. The lowest BCUT2D eigenvalue weighted by atomic mass is 10.1. The maximum absolute atomic E-state index is 10.6. The summed E-state index contributed by atoms with van der Waals surface area (Å²) in [7, 11) is 1.59. The first-order valence-electron chi connectivity index (χ1n) is 4.01. The van der Waals surface area contributed by atoms with Gasteiger partial charge in [-0.1, -0.05) is 12.1 Å². The van der Waals surface area contributed by atoms with Crippen LogP contribution in [0.15, 0.2) is 24.3 Å². The number of hydrogen-bond donors (Lipinski definition) is 1. The fraction of sp³-hybridized carbons (Fsp3) is 0.222. The summed E-state index contributed by atoms with van der Waals surface area (Å²) in [6, 6.07) is 7.51. The van der Waals surface area contributed by atoms with Crippen LogP contribution in [-0.4, -0.2) is 12.0 Å². The summed E-state index contributed by atoms with van der Waals surface area (Å²) < 4.78 is 0. The maximum Gasteiger partial charge on any atom is 0.275 e.